The summed E-state index contributed by atoms with van der Waals surface area (Å²) in [6.45, 7) is 4.76. The molecule has 0 spiro atoms. The van der Waals surface area contributed by atoms with Gasteiger partial charge in [0.05, 0.1) is 15.7 Å². The van der Waals surface area contributed by atoms with E-state index < -0.39 is 0 Å². The molecule has 0 fully saturated rings. The summed E-state index contributed by atoms with van der Waals surface area (Å²) in [5.41, 5.74) is 13.1. The summed E-state index contributed by atoms with van der Waals surface area (Å²) in [6.07, 6.45) is 0. The number of furan rings is 1. The van der Waals surface area contributed by atoms with E-state index in [-0.39, 0.29) is 5.41 Å². The monoisotopic (exact) mass is 631 g/mol. The second-order valence-corrected chi connectivity index (χ2v) is 14.7. The van der Waals surface area contributed by atoms with Crippen LogP contribution in [0.5, 0.6) is 0 Å². The Bertz CT molecular complexity index is 2990. The first-order valence-corrected chi connectivity index (χ1v) is 17.4. The Balaban J connectivity index is 1.11. The molecule has 3 aromatic heterocycles. The lowest BCUT2D eigenvalue weighted by Gasteiger charge is -2.23. The second-order valence-electron chi connectivity index (χ2n) is 13.7. The molecule has 10 aromatic rings. The van der Waals surface area contributed by atoms with Crippen LogP contribution in [-0.4, -0.2) is 4.57 Å². The zero-order valence-electron chi connectivity index (χ0n) is 26.5. The first-order chi connectivity index (χ1) is 23.6. The highest BCUT2D eigenvalue weighted by Gasteiger charge is 2.36. The predicted octanol–water partition coefficient (Wildman–Crippen LogP) is 13.0. The van der Waals surface area contributed by atoms with Gasteiger partial charge in [0.25, 0.3) is 0 Å². The maximum Gasteiger partial charge on any atom is 0.143 e. The molecule has 0 saturated carbocycles. The van der Waals surface area contributed by atoms with Crippen LogP contribution in [0.2, 0.25) is 0 Å². The van der Waals surface area contributed by atoms with Crippen molar-refractivity contribution in [1.82, 2.24) is 4.57 Å². The highest BCUT2D eigenvalue weighted by Crippen LogP contribution is 2.51. The van der Waals surface area contributed by atoms with Gasteiger partial charge in [0, 0.05) is 53.7 Å². The number of hydrogen-bond donors (Lipinski definition) is 0. The zero-order valence-corrected chi connectivity index (χ0v) is 27.4. The molecule has 2 nitrogen and oxygen atoms in total. The van der Waals surface area contributed by atoms with Crippen molar-refractivity contribution in [3.05, 3.63) is 151 Å². The van der Waals surface area contributed by atoms with Crippen molar-refractivity contribution in [2.24, 2.45) is 0 Å². The van der Waals surface area contributed by atoms with Gasteiger partial charge < -0.3 is 8.98 Å². The number of fused-ring (bicyclic) bond motifs is 13. The van der Waals surface area contributed by atoms with Crippen molar-refractivity contribution in [2.75, 3.05) is 0 Å². The van der Waals surface area contributed by atoms with Crippen LogP contribution in [0.25, 0.3) is 91.9 Å². The van der Waals surface area contributed by atoms with Crippen LogP contribution in [0.4, 0.5) is 0 Å². The van der Waals surface area contributed by atoms with E-state index in [0.717, 1.165) is 27.5 Å². The van der Waals surface area contributed by atoms with Crippen molar-refractivity contribution in [3.8, 4) is 27.9 Å². The molecule has 226 valence electrons. The minimum atomic E-state index is -0.176. The van der Waals surface area contributed by atoms with E-state index in [0.29, 0.717) is 0 Å². The fraction of sp³-hybridized carbons (Fsp3) is 0.0667. The van der Waals surface area contributed by atoms with Gasteiger partial charge in [0.15, 0.2) is 0 Å². The topological polar surface area (TPSA) is 18.1 Å². The molecule has 48 heavy (non-hydrogen) atoms. The Hall–Kier alpha value is -5.64. The van der Waals surface area contributed by atoms with Crippen LogP contribution in [0.15, 0.2) is 144 Å². The van der Waals surface area contributed by atoms with Gasteiger partial charge in [0.1, 0.15) is 11.2 Å². The quantitative estimate of drug-likeness (QED) is 0.186. The van der Waals surface area contributed by atoms with Crippen LogP contribution in [0.3, 0.4) is 0 Å². The van der Waals surface area contributed by atoms with E-state index in [2.05, 4.69) is 152 Å². The van der Waals surface area contributed by atoms with Crippen LogP contribution in [0.1, 0.15) is 25.0 Å². The smallest absolute Gasteiger partial charge is 0.143 e. The molecule has 11 rings (SSSR count). The second kappa shape index (κ2) is 9.25. The van der Waals surface area contributed by atoms with Gasteiger partial charge >= 0.3 is 0 Å². The number of benzene rings is 7. The molecule has 0 N–H and O–H groups in total. The van der Waals surface area contributed by atoms with Crippen molar-refractivity contribution in [1.29, 1.82) is 0 Å². The average molecular weight is 632 g/mol. The summed E-state index contributed by atoms with van der Waals surface area (Å²) in [6, 6.07) is 51.3. The van der Waals surface area contributed by atoms with Gasteiger partial charge in [-0.15, -0.1) is 11.3 Å². The van der Waals surface area contributed by atoms with E-state index in [9.17, 15) is 0 Å². The summed E-state index contributed by atoms with van der Waals surface area (Å²) in [7, 11) is 0. The number of aromatic nitrogens is 1. The Labute approximate surface area is 281 Å². The van der Waals surface area contributed by atoms with Gasteiger partial charge in [-0.25, -0.2) is 0 Å². The average Bonchev–Trinajstić information content (AvgIpc) is 3.85. The molecule has 1 aliphatic rings. The third-order valence-electron chi connectivity index (χ3n) is 10.8. The lowest BCUT2D eigenvalue weighted by Crippen LogP contribution is -2.15. The van der Waals surface area contributed by atoms with Gasteiger partial charge in [0.2, 0.25) is 0 Å². The fourth-order valence-corrected chi connectivity index (χ4v) is 9.75. The molecule has 0 amide bonds. The number of thiophene rings is 1. The van der Waals surface area contributed by atoms with E-state index in [1.807, 2.05) is 17.4 Å². The molecule has 0 atom stereocenters. The predicted molar refractivity (Wildman–Crippen MR) is 204 cm³/mol. The van der Waals surface area contributed by atoms with Gasteiger partial charge in [-0.1, -0.05) is 117 Å². The summed E-state index contributed by atoms with van der Waals surface area (Å²) >= 11 is 1.90. The lowest BCUT2D eigenvalue weighted by atomic mass is 9.81. The Kier molecular flexibility index (Phi) is 5.09. The standard InChI is InChI=1S/C45H29NOS/c1-45(2)37-24-26(28-13-9-14-35-32-11-4-7-16-40(32)47-43(28)35)18-20-29(37)30-21-19-27(25-38(30)45)46-39-15-6-3-10-31(39)34-22-23-36-33-12-5-8-17-41(33)48-44(36)42(34)46/h3-25H,1-2H3. The SMILES string of the molecule is CC1(C)c2cc(-c3cccc4c3oc3ccccc34)ccc2-c2ccc(-n3c4ccccc4c4ccc5c6ccccc6sc5c43)cc21. The molecule has 0 aliphatic heterocycles. The molecule has 7 aromatic carbocycles. The lowest BCUT2D eigenvalue weighted by molar-refractivity contribution is 0.659. The Morgan fingerprint density at radius 3 is 2.15 bits per heavy atom. The van der Waals surface area contributed by atoms with Crippen molar-refractivity contribution >= 4 is 75.3 Å². The highest BCUT2D eigenvalue weighted by atomic mass is 32.1. The zero-order chi connectivity index (χ0) is 31.7. The summed E-state index contributed by atoms with van der Waals surface area (Å²) in [5.74, 6) is 0. The first-order valence-electron chi connectivity index (χ1n) is 16.6. The third-order valence-corrected chi connectivity index (χ3v) is 12.0. The summed E-state index contributed by atoms with van der Waals surface area (Å²) in [5, 5.41) is 7.57. The Morgan fingerprint density at radius 2 is 1.25 bits per heavy atom. The van der Waals surface area contributed by atoms with Crippen LogP contribution in [0, 0.1) is 0 Å². The minimum absolute atomic E-state index is 0.176. The van der Waals surface area contributed by atoms with E-state index >= 15 is 0 Å². The number of hydrogen-bond acceptors (Lipinski definition) is 2. The molecule has 0 radical (unpaired) electrons. The van der Waals surface area contributed by atoms with Gasteiger partial charge in [-0.2, -0.15) is 0 Å². The van der Waals surface area contributed by atoms with Crippen molar-refractivity contribution in [2.45, 2.75) is 19.3 Å². The molecule has 3 heterocycles. The molecule has 3 heteroatoms. The van der Waals surface area contributed by atoms with Gasteiger partial charge in [-0.05, 0) is 64.2 Å². The molecule has 0 unspecified atom stereocenters. The Morgan fingerprint density at radius 1 is 0.542 bits per heavy atom. The van der Waals surface area contributed by atoms with Crippen LogP contribution < -0.4 is 0 Å². The van der Waals surface area contributed by atoms with Crippen LogP contribution in [-0.2, 0) is 5.41 Å². The van der Waals surface area contributed by atoms with Crippen LogP contribution >= 0.6 is 11.3 Å². The molecular formula is C45H29NOS. The molecule has 1 aliphatic carbocycles. The van der Waals surface area contributed by atoms with E-state index in [1.54, 1.807) is 0 Å². The van der Waals surface area contributed by atoms with E-state index in [4.69, 9.17) is 4.42 Å². The van der Waals surface area contributed by atoms with Gasteiger partial charge in [-0.3, -0.25) is 0 Å². The summed E-state index contributed by atoms with van der Waals surface area (Å²) < 4.78 is 11.6. The maximum absolute atomic E-state index is 6.45. The summed E-state index contributed by atoms with van der Waals surface area (Å²) in [4.78, 5) is 0. The normalized spacial score (nSPS) is 13.8. The largest absolute Gasteiger partial charge is 0.455 e. The number of rotatable bonds is 2. The number of para-hydroxylation sites is 3. The molecular weight excluding hydrogens is 603 g/mol. The molecule has 0 bridgehead atoms. The first kappa shape index (κ1) is 26.4. The van der Waals surface area contributed by atoms with Crippen molar-refractivity contribution in [3.63, 3.8) is 0 Å². The highest BCUT2D eigenvalue weighted by molar-refractivity contribution is 7.26. The number of nitrogens with zero attached hydrogens (tertiary/aromatic N) is 1. The fourth-order valence-electron chi connectivity index (χ4n) is 8.51. The third kappa shape index (κ3) is 3.36. The maximum atomic E-state index is 6.45. The van der Waals surface area contributed by atoms with Crippen molar-refractivity contribution < 1.29 is 4.42 Å². The molecule has 0 saturated heterocycles. The minimum Gasteiger partial charge on any atom is -0.455 e. The van der Waals surface area contributed by atoms with E-state index in [1.165, 1.54) is 75.5 Å².